The number of hydrogen-bond donors (Lipinski definition) is 1. The minimum atomic E-state index is -0.880. The molecule has 0 saturated carbocycles. The van der Waals surface area contributed by atoms with Crippen LogP contribution in [0.2, 0.25) is 0 Å². The van der Waals surface area contributed by atoms with Gasteiger partial charge in [0.1, 0.15) is 18.2 Å². The molecule has 3 fully saturated rings. The quantitative estimate of drug-likeness (QED) is 0.270. The van der Waals surface area contributed by atoms with E-state index in [-0.39, 0.29) is 43.5 Å². The Bertz CT molecular complexity index is 1680. The number of anilines is 1. The van der Waals surface area contributed by atoms with Crippen molar-refractivity contribution in [3.8, 4) is 0 Å². The summed E-state index contributed by atoms with van der Waals surface area (Å²) in [5.41, 5.74) is 2.24. The van der Waals surface area contributed by atoms with E-state index >= 15 is 4.79 Å². The van der Waals surface area contributed by atoms with Gasteiger partial charge in [-0.25, -0.2) is 4.68 Å². The van der Waals surface area contributed by atoms with E-state index in [4.69, 9.17) is 0 Å². The molecule has 10 nitrogen and oxygen atoms in total. The average molecular weight is 657 g/mol. The van der Waals surface area contributed by atoms with Crippen LogP contribution in [0.4, 0.5) is 5.69 Å². The van der Waals surface area contributed by atoms with Crippen LogP contribution < -0.4 is 4.90 Å². The molecule has 1 N–H and O–H groups in total. The molecule has 2 bridgehead atoms. The van der Waals surface area contributed by atoms with E-state index in [0.29, 0.717) is 31.3 Å². The summed E-state index contributed by atoms with van der Waals surface area (Å²) in [5.74, 6) is -2.06. The zero-order valence-electron chi connectivity index (χ0n) is 27.4. The second-order valence-electron chi connectivity index (χ2n) is 13.3. The van der Waals surface area contributed by atoms with Crippen molar-refractivity contribution in [2.75, 3.05) is 24.6 Å². The van der Waals surface area contributed by atoms with Gasteiger partial charge in [0, 0.05) is 23.5 Å². The molecule has 47 heavy (non-hydrogen) atoms. The van der Waals surface area contributed by atoms with Gasteiger partial charge in [0.25, 0.3) is 0 Å². The molecule has 3 aromatic rings. The molecule has 2 aromatic carbocycles. The summed E-state index contributed by atoms with van der Waals surface area (Å²) >= 11 is 1.63. The van der Waals surface area contributed by atoms with Crippen LogP contribution >= 0.6 is 11.8 Å². The number of fused-ring (bicyclic) bond motifs is 2. The van der Waals surface area contributed by atoms with Crippen molar-refractivity contribution >= 4 is 46.2 Å². The second kappa shape index (κ2) is 12.9. The Morgan fingerprint density at radius 1 is 1.09 bits per heavy atom. The summed E-state index contributed by atoms with van der Waals surface area (Å²) in [6, 6.07) is 15.6. The molecule has 3 amide bonds. The lowest BCUT2D eigenvalue weighted by Gasteiger charge is -2.41. The monoisotopic (exact) mass is 656 g/mol. The molecule has 3 saturated heterocycles. The van der Waals surface area contributed by atoms with Crippen LogP contribution in [0, 0.1) is 17.8 Å². The second-order valence-corrected chi connectivity index (χ2v) is 15.1. The molecule has 3 aliphatic rings. The van der Waals surface area contributed by atoms with Gasteiger partial charge in [-0.15, -0.1) is 30.0 Å². The molecule has 11 heteroatoms. The van der Waals surface area contributed by atoms with Crippen molar-refractivity contribution in [1.82, 2.24) is 24.8 Å². The van der Waals surface area contributed by atoms with Crippen molar-refractivity contribution in [3.63, 3.8) is 0 Å². The highest BCUT2D eigenvalue weighted by Gasteiger charge is 2.78. The third-order valence-electron chi connectivity index (χ3n) is 10.6. The van der Waals surface area contributed by atoms with Crippen molar-refractivity contribution in [2.45, 2.75) is 68.3 Å². The molecule has 3 aliphatic heterocycles. The van der Waals surface area contributed by atoms with Crippen LogP contribution in [0.1, 0.15) is 40.0 Å². The minimum absolute atomic E-state index is 0.0740. The molecule has 0 radical (unpaired) electrons. The van der Waals surface area contributed by atoms with Crippen molar-refractivity contribution in [1.29, 1.82) is 0 Å². The Labute approximate surface area is 280 Å². The van der Waals surface area contributed by atoms with E-state index in [1.807, 2.05) is 68.4 Å². The molecule has 1 spiro atoms. The van der Waals surface area contributed by atoms with E-state index in [9.17, 15) is 14.7 Å². The van der Waals surface area contributed by atoms with Gasteiger partial charge in [-0.2, -0.15) is 0 Å². The maximum atomic E-state index is 15.1. The van der Waals surface area contributed by atoms with Crippen molar-refractivity contribution in [2.24, 2.45) is 17.8 Å². The number of aliphatic hydroxyl groups is 1. The highest BCUT2D eigenvalue weighted by Crippen LogP contribution is 2.72. The van der Waals surface area contributed by atoms with E-state index in [1.54, 1.807) is 43.3 Å². The Morgan fingerprint density at radius 3 is 2.47 bits per heavy atom. The fraction of sp³-hybridized carbons (Fsp3) is 0.472. The first-order valence-electron chi connectivity index (χ1n) is 16.4. The highest BCUT2D eigenvalue weighted by atomic mass is 32.2. The van der Waals surface area contributed by atoms with Crippen LogP contribution in [0.15, 0.2) is 79.9 Å². The lowest BCUT2D eigenvalue weighted by molar-refractivity contribution is -0.147. The van der Waals surface area contributed by atoms with E-state index in [0.717, 1.165) is 11.2 Å². The predicted molar refractivity (Wildman–Crippen MR) is 184 cm³/mol. The zero-order valence-corrected chi connectivity index (χ0v) is 28.2. The standard InChI is InChI=1S/C36H44N6O4S/c1-6-20-39(23-41-27-17-13-12-16-26(27)37-38-41)34(46)31-36-19-18-35(5,47-36)29(30(36)33(45)42(31)28(22-43)24(4)8-3)32(44)40(21-7-2)25-14-10-9-11-15-25/h6-7,9-17,24,28-31,43H,1-2,8,18-23H2,3-5H3/t24-,28-,29+,30-,31?,35-,36?/m0/s1. The molecule has 2 unspecified atom stereocenters. The molecule has 7 atom stereocenters. The van der Waals surface area contributed by atoms with Gasteiger partial charge in [0.15, 0.2) is 0 Å². The molecule has 6 rings (SSSR count). The Hall–Kier alpha value is -3.96. The third-order valence-corrected chi connectivity index (χ3v) is 12.6. The van der Waals surface area contributed by atoms with E-state index in [2.05, 4.69) is 30.4 Å². The van der Waals surface area contributed by atoms with Crippen LogP contribution in [0.3, 0.4) is 0 Å². The number of likely N-dealkylation sites (tertiary alicyclic amines) is 1. The van der Waals surface area contributed by atoms with Crippen LogP contribution in [-0.4, -0.2) is 88.9 Å². The normalized spacial score (nSPS) is 27.4. The number of para-hydroxylation sites is 2. The summed E-state index contributed by atoms with van der Waals surface area (Å²) in [4.78, 5) is 49.8. The summed E-state index contributed by atoms with van der Waals surface area (Å²) in [6.45, 7) is 14.3. The highest BCUT2D eigenvalue weighted by molar-refractivity contribution is 8.02. The maximum absolute atomic E-state index is 15.1. The fourth-order valence-corrected chi connectivity index (χ4v) is 10.5. The summed E-state index contributed by atoms with van der Waals surface area (Å²) in [7, 11) is 0. The Kier molecular flexibility index (Phi) is 9.06. The number of benzene rings is 2. The zero-order chi connectivity index (χ0) is 33.5. The fourth-order valence-electron chi connectivity index (χ4n) is 8.15. The number of amides is 3. The molecule has 248 valence electrons. The molecule has 1 aromatic heterocycles. The number of carbonyl (C=O) groups excluding carboxylic acids is 3. The number of hydrogen-bond acceptors (Lipinski definition) is 7. The van der Waals surface area contributed by atoms with Crippen molar-refractivity contribution < 1.29 is 19.5 Å². The molecular formula is C36H44N6O4S. The first-order chi connectivity index (χ1) is 22.7. The van der Waals surface area contributed by atoms with Gasteiger partial charge < -0.3 is 19.8 Å². The number of nitrogens with zero attached hydrogens (tertiary/aromatic N) is 6. The first kappa shape index (κ1) is 33.0. The van der Waals surface area contributed by atoms with Crippen molar-refractivity contribution in [3.05, 3.63) is 79.9 Å². The smallest absolute Gasteiger partial charge is 0.248 e. The number of rotatable bonds is 13. The largest absolute Gasteiger partial charge is 0.394 e. The summed E-state index contributed by atoms with van der Waals surface area (Å²) < 4.78 is 0.294. The maximum Gasteiger partial charge on any atom is 0.248 e. The summed E-state index contributed by atoms with van der Waals surface area (Å²) in [6.07, 6.45) is 5.38. The average Bonchev–Trinajstić information content (AvgIpc) is 3.79. The lowest BCUT2D eigenvalue weighted by Crippen LogP contribution is -2.58. The summed E-state index contributed by atoms with van der Waals surface area (Å²) in [5, 5.41) is 19.4. The predicted octanol–water partition coefficient (Wildman–Crippen LogP) is 4.51. The molecule has 0 aliphatic carbocycles. The molecule has 4 heterocycles. The minimum Gasteiger partial charge on any atom is -0.394 e. The number of aliphatic hydroxyl groups excluding tert-OH is 1. The Balaban J connectivity index is 1.45. The number of aromatic nitrogens is 3. The first-order valence-corrected chi connectivity index (χ1v) is 17.3. The number of thioether (sulfide) groups is 1. The third kappa shape index (κ3) is 5.27. The van der Waals surface area contributed by atoms with Crippen LogP contribution in [-0.2, 0) is 21.1 Å². The van der Waals surface area contributed by atoms with Gasteiger partial charge in [-0.3, -0.25) is 14.4 Å². The lowest BCUT2D eigenvalue weighted by atomic mass is 9.66. The van der Waals surface area contributed by atoms with Crippen LogP contribution in [0.25, 0.3) is 11.0 Å². The topological polar surface area (TPSA) is 112 Å². The van der Waals surface area contributed by atoms with Gasteiger partial charge in [0.05, 0.1) is 34.7 Å². The van der Waals surface area contributed by atoms with E-state index in [1.165, 1.54) is 0 Å². The van der Waals surface area contributed by atoms with Gasteiger partial charge in [0.2, 0.25) is 17.7 Å². The van der Waals surface area contributed by atoms with Crippen LogP contribution in [0.5, 0.6) is 0 Å². The SMILES string of the molecule is C=CCN(Cn1nnc2ccccc21)C(=O)C1N([C@@H](CO)[C@@H](C)CC)C(=O)[C@@H]2[C@H](C(=O)N(CC=C)c3ccccc3)[C@]3(C)CCC12S3. The number of carbonyl (C=O) groups is 3. The molecular weight excluding hydrogens is 613 g/mol. The van der Waals surface area contributed by atoms with E-state index < -0.39 is 33.4 Å². The Morgan fingerprint density at radius 2 is 1.79 bits per heavy atom. The van der Waals surface area contributed by atoms with Gasteiger partial charge in [-0.05, 0) is 49.9 Å². The van der Waals surface area contributed by atoms with Gasteiger partial charge >= 0.3 is 0 Å². The van der Waals surface area contributed by atoms with Gasteiger partial charge in [-0.1, -0.05) is 68.0 Å².